The van der Waals surface area contributed by atoms with E-state index in [1.54, 1.807) is 6.26 Å². The van der Waals surface area contributed by atoms with Crippen LogP contribution in [0.2, 0.25) is 0 Å². The van der Waals surface area contributed by atoms with Gasteiger partial charge in [-0.15, -0.1) is 0 Å². The standard InChI is InChI=1S/C17H23NO/c1-12(2)15-7-5-14(6-8-15)11-16(18-4)17-13(3)9-10-19-17/h5-10,12,16,18H,11H2,1-4H3. The summed E-state index contributed by atoms with van der Waals surface area (Å²) in [6.07, 6.45) is 2.71. The van der Waals surface area contributed by atoms with E-state index in [0.29, 0.717) is 5.92 Å². The third-order valence-electron chi connectivity index (χ3n) is 3.65. The fraction of sp³-hybridized carbons (Fsp3) is 0.412. The van der Waals surface area contributed by atoms with Crippen LogP contribution < -0.4 is 5.32 Å². The zero-order valence-electron chi connectivity index (χ0n) is 12.2. The minimum absolute atomic E-state index is 0.236. The van der Waals surface area contributed by atoms with Gasteiger partial charge in [-0.25, -0.2) is 0 Å². The maximum atomic E-state index is 5.59. The van der Waals surface area contributed by atoms with Crippen molar-refractivity contribution in [2.75, 3.05) is 7.05 Å². The Morgan fingerprint density at radius 2 is 1.79 bits per heavy atom. The summed E-state index contributed by atoms with van der Waals surface area (Å²) < 4.78 is 5.59. The van der Waals surface area contributed by atoms with E-state index in [9.17, 15) is 0 Å². The molecule has 1 aromatic heterocycles. The largest absolute Gasteiger partial charge is 0.467 e. The number of benzene rings is 1. The maximum Gasteiger partial charge on any atom is 0.123 e. The molecular weight excluding hydrogens is 234 g/mol. The van der Waals surface area contributed by atoms with Crippen LogP contribution in [0.4, 0.5) is 0 Å². The molecule has 1 aromatic carbocycles. The predicted molar refractivity (Wildman–Crippen MR) is 79.5 cm³/mol. The van der Waals surface area contributed by atoms with Crippen LogP contribution in [0.15, 0.2) is 41.0 Å². The molecule has 102 valence electrons. The molecule has 0 amide bonds. The lowest BCUT2D eigenvalue weighted by atomic mass is 9.98. The van der Waals surface area contributed by atoms with E-state index in [-0.39, 0.29) is 6.04 Å². The van der Waals surface area contributed by atoms with Crippen LogP contribution in [0, 0.1) is 6.92 Å². The first kappa shape index (κ1) is 13.9. The van der Waals surface area contributed by atoms with Gasteiger partial charge >= 0.3 is 0 Å². The van der Waals surface area contributed by atoms with Gasteiger partial charge in [0, 0.05) is 0 Å². The van der Waals surface area contributed by atoms with Crippen LogP contribution in [0.25, 0.3) is 0 Å². The van der Waals surface area contributed by atoms with Crippen molar-refractivity contribution in [2.45, 2.75) is 39.2 Å². The Morgan fingerprint density at radius 3 is 2.26 bits per heavy atom. The van der Waals surface area contributed by atoms with E-state index in [1.165, 1.54) is 16.7 Å². The van der Waals surface area contributed by atoms with Gasteiger partial charge in [0.15, 0.2) is 0 Å². The Kier molecular flexibility index (Phi) is 4.43. The highest BCUT2D eigenvalue weighted by Crippen LogP contribution is 2.23. The van der Waals surface area contributed by atoms with Crippen molar-refractivity contribution >= 4 is 0 Å². The number of furan rings is 1. The third kappa shape index (κ3) is 3.27. The zero-order valence-corrected chi connectivity index (χ0v) is 12.2. The first-order chi connectivity index (χ1) is 9.11. The van der Waals surface area contributed by atoms with Crippen LogP contribution in [-0.2, 0) is 6.42 Å². The van der Waals surface area contributed by atoms with E-state index >= 15 is 0 Å². The Bertz CT molecular complexity index is 510. The van der Waals surface area contributed by atoms with Gasteiger partial charge in [0.2, 0.25) is 0 Å². The van der Waals surface area contributed by atoms with Crippen LogP contribution in [0.5, 0.6) is 0 Å². The summed E-state index contributed by atoms with van der Waals surface area (Å²) in [6.45, 7) is 6.53. The molecule has 2 heteroatoms. The molecule has 0 saturated carbocycles. The smallest absolute Gasteiger partial charge is 0.123 e. The molecule has 0 aliphatic rings. The lowest BCUT2D eigenvalue weighted by molar-refractivity contribution is 0.426. The summed E-state index contributed by atoms with van der Waals surface area (Å²) in [5.41, 5.74) is 3.93. The lowest BCUT2D eigenvalue weighted by Crippen LogP contribution is -2.19. The topological polar surface area (TPSA) is 25.2 Å². The number of likely N-dealkylation sites (N-methyl/N-ethyl adjacent to an activating group) is 1. The Morgan fingerprint density at radius 1 is 1.11 bits per heavy atom. The molecule has 0 aliphatic heterocycles. The number of aryl methyl sites for hydroxylation is 1. The molecule has 2 rings (SSSR count). The second kappa shape index (κ2) is 6.07. The van der Waals surface area contributed by atoms with Crippen molar-refractivity contribution in [3.8, 4) is 0 Å². The second-order valence-electron chi connectivity index (χ2n) is 5.41. The minimum atomic E-state index is 0.236. The second-order valence-corrected chi connectivity index (χ2v) is 5.41. The highest BCUT2D eigenvalue weighted by molar-refractivity contribution is 5.27. The summed E-state index contributed by atoms with van der Waals surface area (Å²) >= 11 is 0. The van der Waals surface area contributed by atoms with Gasteiger partial charge in [-0.2, -0.15) is 0 Å². The Hall–Kier alpha value is -1.54. The highest BCUT2D eigenvalue weighted by atomic mass is 16.3. The maximum absolute atomic E-state index is 5.59. The zero-order chi connectivity index (χ0) is 13.8. The molecule has 1 N–H and O–H groups in total. The summed E-state index contributed by atoms with van der Waals surface area (Å²) in [5, 5.41) is 3.34. The van der Waals surface area contributed by atoms with Crippen LogP contribution in [-0.4, -0.2) is 7.05 Å². The summed E-state index contributed by atoms with van der Waals surface area (Å²) in [7, 11) is 1.98. The quantitative estimate of drug-likeness (QED) is 0.867. The normalized spacial score (nSPS) is 12.9. The van der Waals surface area contributed by atoms with Gasteiger partial charge in [0.25, 0.3) is 0 Å². The van der Waals surface area contributed by atoms with Crippen molar-refractivity contribution in [3.63, 3.8) is 0 Å². The van der Waals surface area contributed by atoms with Crippen molar-refractivity contribution in [1.29, 1.82) is 0 Å². The SMILES string of the molecule is CNC(Cc1ccc(C(C)C)cc1)c1occc1C. The molecule has 0 bridgehead atoms. The molecular formula is C17H23NO. The van der Waals surface area contributed by atoms with Gasteiger partial charge in [0.05, 0.1) is 12.3 Å². The van der Waals surface area contributed by atoms with Gasteiger partial charge in [-0.05, 0) is 49.1 Å². The van der Waals surface area contributed by atoms with Crippen molar-refractivity contribution < 1.29 is 4.42 Å². The fourth-order valence-electron chi connectivity index (χ4n) is 2.34. The molecule has 2 aromatic rings. The monoisotopic (exact) mass is 257 g/mol. The highest BCUT2D eigenvalue weighted by Gasteiger charge is 2.15. The molecule has 0 aliphatic carbocycles. The van der Waals surface area contributed by atoms with Crippen LogP contribution in [0.1, 0.15) is 48.3 Å². The van der Waals surface area contributed by atoms with Crippen LogP contribution >= 0.6 is 0 Å². The number of hydrogen-bond donors (Lipinski definition) is 1. The first-order valence-corrected chi connectivity index (χ1v) is 6.92. The molecule has 1 heterocycles. The van der Waals surface area contributed by atoms with E-state index in [4.69, 9.17) is 4.42 Å². The lowest BCUT2D eigenvalue weighted by Gasteiger charge is -2.15. The van der Waals surface area contributed by atoms with E-state index in [0.717, 1.165) is 12.2 Å². The van der Waals surface area contributed by atoms with E-state index in [1.807, 2.05) is 13.1 Å². The molecule has 0 spiro atoms. The van der Waals surface area contributed by atoms with Crippen molar-refractivity contribution in [3.05, 3.63) is 59.0 Å². The summed E-state index contributed by atoms with van der Waals surface area (Å²) in [5.74, 6) is 1.62. The van der Waals surface area contributed by atoms with E-state index < -0.39 is 0 Å². The molecule has 0 radical (unpaired) electrons. The number of hydrogen-bond acceptors (Lipinski definition) is 2. The molecule has 1 unspecified atom stereocenters. The molecule has 0 saturated heterocycles. The Labute approximate surface area is 115 Å². The molecule has 19 heavy (non-hydrogen) atoms. The number of nitrogens with one attached hydrogen (secondary N) is 1. The van der Waals surface area contributed by atoms with Crippen LogP contribution in [0.3, 0.4) is 0 Å². The van der Waals surface area contributed by atoms with Gasteiger partial charge in [-0.1, -0.05) is 38.1 Å². The predicted octanol–water partition coefficient (Wildman–Crippen LogP) is 4.21. The average Bonchev–Trinajstić information content (AvgIpc) is 2.83. The van der Waals surface area contributed by atoms with Gasteiger partial charge < -0.3 is 9.73 Å². The van der Waals surface area contributed by atoms with E-state index in [2.05, 4.69) is 50.4 Å². The molecule has 0 fully saturated rings. The minimum Gasteiger partial charge on any atom is -0.467 e. The van der Waals surface area contributed by atoms with Gasteiger partial charge in [0.1, 0.15) is 5.76 Å². The van der Waals surface area contributed by atoms with Crippen molar-refractivity contribution in [2.24, 2.45) is 0 Å². The number of rotatable bonds is 5. The molecule has 1 atom stereocenters. The first-order valence-electron chi connectivity index (χ1n) is 6.92. The molecule has 2 nitrogen and oxygen atoms in total. The van der Waals surface area contributed by atoms with Crippen molar-refractivity contribution in [1.82, 2.24) is 5.32 Å². The fourth-order valence-corrected chi connectivity index (χ4v) is 2.34. The Balaban J connectivity index is 2.13. The summed E-state index contributed by atoms with van der Waals surface area (Å²) in [6, 6.07) is 11.1. The third-order valence-corrected chi connectivity index (χ3v) is 3.65. The average molecular weight is 257 g/mol. The van der Waals surface area contributed by atoms with Gasteiger partial charge in [-0.3, -0.25) is 0 Å². The summed E-state index contributed by atoms with van der Waals surface area (Å²) in [4.78, 5) is 0.